The molecular formula is C14H15NO4. The summed E-state index contributed by atoms with van der Waals surface area (Å²) in [6.07, 6.45) is 0.843. The lowest BCUT2D eigenvalue weighted by Gasteiger charge is -2.08. The van der Waals surface area contributed by atoms with Gasteiger partial charge in [0.15, 0.2) is 5.89 Å². The Kier molecular flexibility index (Phi) is 3.55. The van der Waals surface area contributed by atoms with Crippen molar-refractivity contribution in [3.05, 3.63) is 35.4 Å². The highest BCUT2D eigenvalue weighted by molar-refractivity contribution is 5.92. The Morgan fingerprint density at radius 1 is 1.47 bits per heavy atom. The maximum absolute atomic E-state index is 11.2. The van der Waals surface area contributed by atoms with Gasteiger partial charge in [0.1, 0.15) is 11.4 Å². The highest BCUT2D eigenvalue weighted by Gasteiger charge is 2.22. The van der Waals surface area contributed by atoms with Gasteiger partial charge in [0.05, 0.1) is 7.11 Å². The number of oxazole rings is 1. The first kappa shape index (κ1) is 13.1. The predicted molar refractivity (Wildman–Crippen MR) is 69.6 cm³/mol. The lowest BCUT2D eigenvalue weighted by atomic mass is 10.0. The van der Waals surface area contributed by atoms with Crippen LogP contribution in [0.3, 0.4) is 0 Å². The molecule has 5 nitrogen and oxygen atoms in total. The molecular weight excluding hydrogens is 246 g/mol. The molecule has 1 aromatic heterocycles. The van der Waals surface area contributed by atoms with E-state index in [4.69, 9.17) is 14.3 Å². The molecule has 0 radical (unpaired) electrons. The van der Waals surface area contributed by atoms with Crippen molar-refractivity contribution in [2.24, 2.45) is 0 Å². The van der Waals surface area contributed by atoms with Gasteiger partial charge in [-0.1, -0.05) is 13.0 Å². The van der Waals surface area contributed by atoms with Gasteiger partial charge in [-0.3, -0.25) is 0 Å². The van der Waals surface area contributed by atoms with Crippen LogP contribution in [0.4, 0.5) is 0 Å². The Morgan fingerprint density at radius 3 is 2.79 bits per heavy atom. The molecule has 2 aromatic rings. The summed E-state index contributed by atoms with van der Waals surface area (Å²) in [5.74, 6) is -0.409. The van der Waals surface area contributed by atoms with Crippen LogP contribution in [0.5, 0.6) is 5.75 Å². The smallest absolute Gasteiger partial charge is 0.374 e. The second-order valence-electron chi connectivity index (χ2n) is 4.10. The van der Waals surface area contributed by atoms with E-state index in [0.717, 1.165) is 12.0 Å². The average Bonchev–Trinajstić information content (AvgIpc) is 2.80. The number of aryl methyl sites for hydroxylation is 2. The summed E-state index contributed by atoms with van der Waals surface area (Å²) >= 11 is 0. The van der Waals surface area contributed by atoms with Crippen molar-refractivity contribution in [1.29, 1.82) is 0 Å². The van der Waals surface area contributed by atoms with Crippen molar-refractivity contribution in [3.8, 4) is 17.0 Å². The molecule has 0 aliphatic rings. The molecule has 0 atom stereocenters. The second-order valence-corrected chi connectivity index (χ2v) is 4.10. The minimum Gasteiger partial charge on any atom is -0.496 e. The molecule has 0 aliphatic carbocycles. The fourth-order valence-corrected chi connectivity index (χ4v) is 1.91. The zero-order valence-electron chi connectivity index (χ0n) is 11.1. The molecule has 0 spiro atoms. The Morgan fingerprint density at radius 2 is 2.21 bits per heavy atom. The SMILES string of the molecule is CCc1ccc(OC)c(-c2nc(C)oc2C(=O)O)c1. The van der Waals surface area contributed by atoms with Crippen molar-refractivity contribution in [3.63, 3.8) is 0 Å². The Balaban J connectivity index is 2.66. The first-order valence-corrected chi connectivity index (χ1v) is 5.94. The lowest BCUT2D eigenvalue weighted by molar-refractivity contribution is 0.0662. The van der Waals surface area contributed by atoms with E-state index in [1.54, 1.807) is 6.92 Å². The maximum atomic E-state index is 11.2. The van der Waals surface area contributed by atoms with Crippen LogP contribution in [0.1, 0.15) is 28.9 Å². The van der Waals surface area contributed by atoms with Crippen LogP contribution in [-0.2, 0) is 6.42 Å². The molecule has 1 heterocycles. The van der Waals surface area contributed by atoms with Crippen LogP contribution in [0.2, 0.25) is 0 Å². The molecule has 1 N–H and O–H groups in total. The van der Waals surface area contributed by atoms with Crippen molar-refractivity contribution in [1.82, 2.24) is 4.98 Å². The topological polar surface area (TPSA) is 72.6 Å². The zero-order chi connectivity index (χ0) is 14.0. The van der Waals surface area contributed by atoms with E-state index in [2.05, 4.69) is 4.98 Å². The fourth-order valence-electron chi connectivity index (χ4n) is 1.91. The van der Waals surface area contributed by atoms with Crippen molar-refractivity contribution >= 4 is 5.97 Å². The summed E-state index contributed by atoms with van der Waals surface area (Å²) in [6.45, 7) is 3.64. The third-order valence-electron chi connectivity index (χ3n) is 2.86. The van der Waals surface area contributed by atoms with Gasteiger partial charge in [-0.15, -0.1) is 0 Å². The predicted octanol–water partition coefficient (Wildman–Crippen LogP) is 2.92. The fraction of sp³-hybridized carbons (Fsp3) is 0.286. The molecule has 0 bridgehead atoms. The number of nitrogens with zero attached hydrogens (tertiary/aromatic N) is 1. The van der Waals surface area contributed by atoms with E-state index < -0.39 is 5.97 Å². The normalized spacial score (nSPS) is 10.5. The number of rotatable bonds is 4. The average molecular weight is 261 g/mol. The monoisotopic (exact) mass is 261 g/mol. The summed E-state index contributed by atoms with van der Waals surface area (Å²) < 4.78 is 10.4. The molecule has 100 valence electrons. The van der Waals surface area contributed by atoms with Gasteiger partial charge < -0.3 is 14.3 Å². The third-order valence-corrected chi connectivity index (χ3v) is 2.86. The van der Waals surface area contributed by atoms with E-state index >= 15 is 0 Å². The summed E-state index contributed by atoms with van der Waals surface area (Å²) in [5.41, 5.74) is 2.01. The molecule has 5 heteroatoms. The molecule has 1 aromatic carbocycles. The number of carbonyl (C=O) groups is 1. The molecule has 0 saturated carbocycles. The number of ether oxygens (including phenoxy) is 1. The van der Waals surface area contributed by atoms with E-state index in [0.29, 0.717) is 22.9 Å². The highest BCUT2D eigenvalue weighted by atomic mass is 16.5. The standard InChI is InChI=1S/C14H15NO4/c1-4-9-5-6-11(18-3)10(7-9)12-13(14(16)17)19-8(2)15-12/h5-7H,4H2,1-3H3,(H,16,17). The van der Waals surface area contributed by atoms with Crippen molar-refractivity contribution in [2.45, 2.75) is 20.3 Å². The van der Waals surface area contributed by atoms with E-state index in [-0.39, 0.29) is 5.76 Å². The number of carboxylic acids is 1. The molecule has 0 fully saturated rings. The lowest BCUT2D eigenvalue weighted by Crippen LogP contribution is -1.98. The van der Waals surface area contributed by atoms with Gasteiger partial charge in [0.2, 0.25) is 5.76 Å². The minimum absolute atomic E-state index is 0.163. The summed E-state index contributed by atoms with van der Waals surface area (Å²) in [6, 6.07) is 5.63. The molecule has 0 unspecified atom stereocenters. The molecule has 19 heavy (non-hydrogen) atoms. The largest absolute Gasteiger partial charge is 0.496 e. The van der Waals surface area contributed by atoms with Crippen LogP contribution >= 0.6 is 0 Å². The number of hydrogen-bond donors (Lipinski definition) is 1. The molecule has 0 saturated heterocycles. The number of carboxylic acid groups (broad SMARTS) is 1. The van der Waals surface area contributed by atoms with Crippen molar-refractivity contribution in [2.75, 3.05) is 7.11 Å². The van der Waals surface area contributed by atoms with Gasteiger partial charge in [0, 0.05) is 12.5 Å². The first-order valence-electron chi connectivity index (χ1n) is 5.94. The maximum Gasteiger partial charge on any atom is 0.374 e. The van der Waals surface area contributed by atoms with Gasteiger partial charge in [-0.05, 0) is 24.1 Å². The minimum atomic E-state index is -1.14. The van der Waals surface area contributed by atoms with Crippen LogP contribution in [0.15, 0.2) is 22.6 Å². The molecule has 2 rings (SSSR count). The Bertz CT molecular complexity index is 616. The summed E-state index contributed by atoms with van der Waals surface area (Å²) in [7, 11) is 1.54. The molecule has 0 amide bonds. The van der Waals surface area contributed by atoms with Crippen LogP contribution in [0, 0.1) is 6.92 Å². The third kappa shape index (κ3) is 2.45. The van der Waals surface area contributed by atoms with Crippen LogP contribution in [-0.4, -0.2) is 23.2 Å². The highest BCUT2D eigenvalue weighted by Crippen LogP contribution is 2.33. The molecule has 0 aliphatic heterocycles. The van der Waals surface area contributed by atoms with Crippen LogP contribution in [0.25, 0.3) is 11.3 Å². The zero-order valence-corrected chi connectivity index (χ0v) is 11.1. The Labute approximate surface area is 110 Å². The van der Waals surface area contributed by atoms with Gasteiger partial charge in [0.25, 0.3) is 0 Å². The van der Waals surface area contributed by atoms with Crippen LogP contribution < -0.4 is 4.74 Å². The number of aromatic nitrogens is 1. The quantitative estimate of drug-likeness (QED) is 0.916. The van der Waals surface area contributed by atoms with Gasteiger partial charge >= 0.3 is 5.97 Å². The number of methoxy groups -OCH3 is 1. The van der Waals surface area contributed by atoms with Gasteiger partial charge in [-0.2, -0.15) is 0 Å². The van der Waals surface area contributed by atoms with E-state index in [1.165, 1.54) is 7.11 Å². The second kappa shape index (κ2) is 5.14. The number of hydrogen-bond acceptors (Lipinski definition) is 4. The number of aromatic carboxylic acids is 1. The first-order chi connectivity index (χ1) is 9.06. The van der Waals surface area contributed by atoms with E-state index in [1.807, 2.05) is 25.1 Å². The van der Waals surface area contributed by atoms with E-state index in [9.17, 15) is 4.79 Å². The summed E-state index contributed by atoms with van der Waals surface area (Å²) in [5, 5.41) is 9.16. The van der Waals surface area contributed by atoms with Crippen molar-refractivity contribution < 1.29 is 19.1 Å². The van der Waals surface area contributed by atoms with Gasteiger partial charge in [-0.25, -0.2) is 9.78 Å². The summed E-state index contributed by atoms with van der Waals surface area (Å²) in [4.78, 5) is 15.3. The number of benzene rings is 1. The Hall–Kier alpha value is -2.30.